The zero-order valence-corrected chi connectivity index (χ0v) is 18.8. The number of aliphatic imine (C=N–C) groups is 1. The SMILES string of the molecule is CCNC(=NCCN1CCOC(C)(C)C1)N1CC2C3CCC(O3)C2C1.I. The molecular formula is C19H35IN4O2. The molecule has 0 spiro atoms. The molecule has 0 aliphatic carbocycles. The van der Waals surface area contributed by atoms with Crippen molar-refractivity contribution in [1.29, 1.82) is 0 Å². The van der Waals surface area contributed by atoms with Crippen LogP contribution in [0.25, 0.3) is 0 Å². The fourth-order valence-corrected chi connectivity index (χ4v) is 5.16. The molecule has 0 aromatic rings. The number of fused-ring (bicyclic) bond motifs is 5. The molecule has 4 fully saturated rings. The maximum Gasteiger partial charge on any atom is 0.193 e. The van der Waals surface area contributed by atoms with Crippen molar-refractivity contribution in [3.05, 3.63) is 0 Å². The molecule has 0 saturated carbocycles. The summed E-state index contributed by atoms with van der Waals surface area (Å²) in [5.41, 5.74) is -0.0296. The summed E-state index contributed by atoms with van der Waals surface area (Å²) in [6.07, 6.45) is 3.55. The molecule has 4 unspecified atom stereocenters. The second kappa shape index (κ2) is 8.49. The maximum atomic E-state index is 6.10. The van der Waals surface area contributed by atoms with Crippen molar-refractivity contribution in [1.82, 2.24) is 15.1 Å². The first-order chi connectivity index (χ1) is 12.1. The van der Waals surface area contributed by atoms with Gasteiger partial charge in [0, 0.05) is 51.1 Å². The highest BCUT2D eigenvalue weighted by molar-refractivity contribution is 14.0. The first-order valence-electron chi connectivity index (χ1n) is 10.1. The van der Waals surface area contributed by atoms with Crippen LogP contribution in [-0.4, -0.2) is 86.0 Å². The molecule has 4 heterocycles. The van der Waals surface area contributed by atoms with E-state index in [-0.39, 0.29) is 29.6 Å². The number of halogens is 1. The van der Waals surface area contributed by atoms with Gasteiger partial charge in [0.15, 0.2) is 5.96 Å². The Morgan fingerprint density at radius 3 is 2.50 bits per heavy atom. The highest BCUT2D eigenvalue weighted by Gasteiger charge is 2.53. The summed E-state index contributed by atoms with van der Waals surface area (Å²) in [5.74, 6) is 2.55. The maximum absolute atomic E-state index is 6.10. The van der Waals surface area contributed by atoms with Crippen LogP contribution in [-0.2, 0) is 9.47 Å². The fourth-order valence-electron chi connectivity index (χ4n) is 5.16. The number of hydrogen-bond donors (Lipinski definition) is 1. The van der Waals surface area contributed by atoms with Crippen molar-refractivity contribution in [2.45, 2.75) is 51.4 Å². The monoisotopic (exact) mass is 478 g/mol. The van der Waals surface area contributed by atoms with Gasteiger partial charge in [-0.3, -0.25) is 9.89 Å². The van der Waals surface area contributed by atoms with Gasteiger partial charge in [0.2, 0.25) is 0 Å². The summed E-state index contributed by atoms with van der Waals surface area (Å²) in [4.78, 5) is 9.90. The molecule has 2 bridgehead atoms. The number of likely N-dealkylation sites (tertiary alicyclic amines) is 1. The van der Waals surface area contributed by atoms with Crippen molar-refractivity contribution in [2.24, 2.45) is 16.8 Å². The van der Waals surface area contributed by atoms with Crippen LogP contribution in [0.2, 0.25) is 0 Å². The van der Waals surface area contributed by atoms with Crippen LogP contribution < -0.4 is 5.32 Å². The summed E-state index contributed by atoms with van der Waals surface area (Å²) >= 11 is 0. The normalized spacial score (nSPS) is 36.1. The van der Waals surface area contributed by atoms with Crippen molar-refractivity contribution in [3.63, 3.8) is 0 Å². The highest BCUT2D eigenvalue weighted by atomic mass is 127. The summed E-state index contributed by atoms with van der Waals surface area (Å²) < 4.78 is 11.9. The Balaban J connectivity index is 0.00000196. The topological polar surface area (TPSA) is 49.3 Å². The van der Waals surface area contributed by atoms with Gasteiger partial charge in [-0.15, -0.1) is 24.0 Å². The molecule has 0 amide bonds. The molecule has 4 aliphatic heterocycles. The van der Waals surface area contributed by atoms with E-state index < -0.39 is 0 Å². The first kappa shape index (κ1) is 20.6. The van der Waals surface area contributed by atoms with Gasteiger partial charge >= 0.3 is 0 Å². The molecule has 4 rings (SSSR count). The summed E-state index contributed by atoms with van der Waals surface area (Å²) in [7, 11) is 0. The van der Waals surface area contributed by atoms with Crippen LogP contribution in [0.3, 0.4) is 0 Å². The summed E-state index contributed by atoms with van der Waals surface area (Å²) in [6, 6.07) is 0. The lowest BCUT2D eigenvalue weighted by Gasteiger charge is -2.37. The molecule has 150 valence electrons. The second-order valence-electron chi connectivity index (χ2n) is 8.64. The number of rotatable bonds is 4. The lowest BCUT2D eigenvalue weighted by Crippen LogP contribution is -2.49. The van der Waals surface area contributed by atoms with Crippen molar-refractivity contribution in [3.8, 4) is 0 Å². The molecule has 4 atom stereocenters. The average Bonchev–Trinajstić information content (AvgIpc) is 3.26. The van der Waals surface area contributed by atoms with E-state index in [4.69, 9.17) is 14.5 Å². The molecule has 4 saturated heterocycles. The predicted molar refractivity (Wildman–Crippen MR) is 114 cm³/mol. The minimum Gasteiger partial charge on any atom is -0.374 e. The van der Waals surface area contributed by atoms with E-state index in [1.165, 1.54) is 12.8 Å². The zero-order chi connectivity index (χ0) is 17.4. The van der Waals surface area contributed by atoms with Crippen LogP contribution in [0.15, 0.2) is 4.99 Å². The fraction of sp³-hybridized carbons (Fsp3) is 0.947. The number of nitrogens with zero attached hydrogens (tertiary/aromatic N) is 3. The summed E-state index contributed by atoms with van der Waals surface area (Å²) in [5, 5.41) is 3.51. The third-order valence-electron chi connectivity index (χ3n) is 6.27. The van der Waals surface area contributed by atoms with E-state index in [1.54, 1.807) is 0 Å². The Labute approximate surface area is 175 Å². The minimum atomic E-state index is -0.0296. The van der Waals surface area contributed by atoms with Crippen LogP contribution in [0.5, 0.6) is 0 Å². The lowest BCUT2D eigenvalue weighted by atomic mass is 9.82. The van der Waals surface area contributed by atoms with Gasteiger partial charge in [-0.25, -0.2) is 0 Å². The van der Waals surface area contributed by atoms with E-state index >= 15 is 0 Å². The third-order valence-corrected chi connectivity index (χ3v) is 6.27. The Morgan fingerprint density at radius 1 is 1.19 bits per heavy atom. The summed E-state index contributed by atoms with van der Waals surface area (Å²) in [6.45, 7) is 14.4. The van der Waals surface area contributed by atoms with Crippen molar-refractivity contribution in [2.75, 3.05) is 52.4 Å². The van der Waals surface area contributed by atoms with Crippen molar-refractivity contribution < 1.29 is 9.47 Å². The molecule has 0 aromatic carbocycles. The van der Waals surface area contributed by atoms with E-state index in [0.717, 1.165) is 70.2 Å². The van der Waals surface area contributed by atoms with Crippen LogP contribution in [0.4, 0.5) is 0 Å². The standard InChI is InChI=1S/C19H34N4O2.HI/c1-4-20-18(21-7-8-22-9-10-24-19(2,3)13-22)23-11-14-15(12-23)17-6-5-16(14)25-17;/h14-17H,4-13H2,1-3H3,(H,20,21);1H. The van der Waals surface area contributed by atoms with Crippen LogP contribution >= 0.6 is 24.0 Å². The van der Waals surface area contributed by atoms with Gasteiger partial charge in [0.05, 0.1) is 31.0 Å². The Morgan fingerprint density at radius 2 is 1.88 bits per heavy atom. The predicted octanol–water partition coefficient (Wildman–Crippen LogP) is 1.79. The van der Waals surface area contributed by atoms with Gasteiger partial charge in [-0.2, -0.15) is 0 Å². The van der Waals surface area contributed by atoms with Gasteiger partial charge in [-0.1, -0.05) is 0 Å². The Bertz CT molecular complexity index is 498. The van der Waals surface area contributed by atoms with Crippen LogP contribution in [0.1, 0.15) is 33.6 Å². The minimum absolute atomic E-state index is 0. The van der Waals surface area contributed by atoms with Gasteiger partial charge < -0.3 is 19.7 Å². The van der Waals surface area contributed by atoms with Gasteiger partial charge in [0.1, 0.15) is 0 Å². The Kier molecular flexibility index (Phi) is 6.73. The zero-order valence-electron chi connectivity index (χ0n) is 16.4. The van der Waals surface area contributed by atoms with E-state index in [0.29, 0.717) is 12.2 Å². The average molecular weight is 478 g/mol. The molecule has 4 aliphatic rings. The van der Waals surface area contributed by atoms with E-state index in [1.807, 2.05) is 0 Å². The largest absolute Gasteiger partial charge is 0.374 e. The lowest BCUT2D eigenvalue weighted by molar-refractivity contribution is -0.0850. The third kappa shape index (κ3) is 4.31. The molecule has 0 radical (unpaired) electrons. The van der Waals surface area contributed by atoms with Gasteiger partial charge in [0.25, 0.3) is 0 Å². The number of nitrogens with one attached hydrogen (secondary N) is 1. The molecule has 6 nitrogen and oxygen atoms in total. The highest BCUT2D eigenvalue weighted by Crippen LogP contribution is 2.47. The number of guanidine groups is 1. The number of hydrogen-bond acceptors (Lipinski definition) is 4. The second-order valence-corrected chi connectivity index (χ2v) is 8.64. The first-order valence-corrected chi connectivity index (χ1v) is 10.1. The van der Waals surface area contributed by atoms with E-state index in [2.05, 4.69) is 35.9 Å². The number of ether oxygens (including phenoxy) is 2. The molecule has 26 heavy (non-hydrogen) atoms. The number of morpholine rings is 1. The van der Waals surface area contributed by atoms with Crippen molar-refractivity contribution >= 4 is 29.9 Å². The smallest absolute Gasteiger partial charge is 0.193 e. The molecule has 7 heteroatoms. The Hall–Kier alpha value is -0.120. The molecule has 1 N–H and O–H groups in total. The van der Waals surface area contributed by atoms with E-state index in [9.17, 15) is 0 Å². The van der Waals surface area contributed by atoms with Gasteiger partial charge in [-0.05, 0) is 33.6 Å². The van der Waals surface area contributed by atoms with Crippen LogP contribution in [0, 0.1) is 11.8 Å². The quantitative estimate of drug-likeness (QED) is 0.380. The molecule has 0 aromatic heterocycles. The molecular weight excluding hydrogens is 443 g/mol.